The van der Waals surface area contributed by atoms with Crippen molar-refractivity contribution in [3.8, 4) is 0 Å². The van der Waals surface area contributed by atoms with Crippen molar-refractivity contribution in [2.45, 2.75) is 19.3 Å². The fourth-order valence-electron chi connectivity index (χ4n) is 2.37. The van der Waals surface area contributed by atoms with Gasteiger partial charge in [-0.25, -0.2) is 0 Å². The van der Waals surface area contributed by atoms with Crippen molar-refractivity contribution in [2.24, 2.45) is 0 Å². The van der Waals surface area contributed by atoms with Crippen LogP contribution in [0.3, 0.4) is 0 Å². The molecule has 5 heteroatoms. The smallest absolute Gasteiger partial charge is 0.310 e. The molecule has 0 aliphatic rings. The van der Waals surface area contributed by atoms with E-state index in [1.807, 2.05) is 0 Å². The lowest BCUT2D eigenvalue weighted by Gasteiger charge is -2.14. The number of benzene rings is 2. The highest BCUT2D eigenvalue weighted by molar-refractivity contribution is 6.11. The van der Waals surface area contributed by atoms with E-state index in [9.17, 15) is 19.5 Å². The molecule has 0 bridgehead atoms. The highest BCUT2D eigenvalue weighted by atomic mass is 16.4. The Morgan fingerprint density at radius 2 is 1.57 bits per heavy atom. The molecule has 2 rings (SSSR count). The molecule has 0 saturated carbocycles. The van der Waals surface area contributed by atoms with Crippen molar-refractivity contribution in [1.82, 2.24) is 5.32 Å². The third-order valence-corrected chi connectivity index (χ3v) is 3.55. The zero-order valence-electron chi connectivity index (χ0n) is 12.7. The third-order valence-electron chi connectivity index (χ3n) is 3.55. The van der Waals surface area contributed by atoms with E-state index in [0.29, 0.717) is 17.5 Å². The molecule has 2 aromatic rings. The Labute approximate surface area is 134 Å². The maximum absolute atomic E-state index is 12.4. The van der Waals surface area contributed by atoms with E-state index in [2.05, 4.69) is 5.32 Å². The van der Waals surface area contributed by atoms with Gasteiger partial charge in [0.2, 0.25) is 0 Å². The van der Waals surface area contributed by atoms with Crippen molar-refractivity contribution in [3.63, 3.8) is 0 Å². The molecule has 2 amide bonds. The van der Waals surface area contributed by atoms with Crippen molar-refractivity contribution in [2.75, 3.05) is 0 Å². The second-order valence-electron chi connectivity index (χ2n) is 5.04. The fourth-order valence-corrected chi connectivity index (χ4v) is 2.37. The first kappa shape index (κ1) is 16.4. The molecule has 1 atom stereocenters. The number of carboxylic acid groups (broad SMARTS) is 1. The van der Waals surface area contributed by atoms with Crippen LogP contribution in [-0.2, 0) is 4.79 Å². The van der Waals surface area contributed by atoms with E-state index in [0.717, 1.165) is 0 Å². The van der Waals surface area contributed by atoms with Crippen LogP contribution in [0.5, 0.6) is 0 Å². The number of carbonyl (C=O) groups is 3. The predicted molar refractivity (Wildman–Crippen MR) is 85.3 cm³/mol. The average Bonchev–Trinajstić information content (AvgIpc) is 2.56. The Hall–Kier alpha value is -2.95. The Kier molecular flexibility index (Phi) is 5.25. The van der Waals surface area contributed by atoms with E-state index in [1.54, 1.807) is 55.5 Å². The van der Waals surface area contributed by atoms with Crippen molar-refractivity contribution < 1.29 is 19.5 Å². The van der Waals surface area contributed by atoms with Crippen LogP contribution in [0.4, 0.5) is 0 Å². The molecule has 0 aliphatic carbocycles. The summed E-state index contributed by atoms with van der Waals surface area (Å²) in [7, 11) is 0. The van der Waals surface area contributed by atoms with E-state index in [-0.39, 0.29) is 5.56 Å². The summed E-state index contributed by atoms with van der Waals surface area (Å²) in [5.74, 6) is -2.91. The van der Waals surface area contributed by atoms with Gasteiger partial charge in [0.25, 0.3) is 11.8 Å². The monoisotopic (exact) mass is 311 g/mol. The standard InChI is InChI=1S/C18H17NO4/c1-2-13(18(22)23)14-10-6-7-11-15(14)17(21)19-16(20)12-8-4-3-5-9-12/h3-11,13H,2H2,1H3,(H,22,23)(H,19,20,21). The molecule has 2 N–H and O–H groups in total. The second kappa shape index (κ2) is 7.35. The highest BCUT2D eigenvalue weighted by Crippen LogP contribution is 2.23. The number of hydrogen-bond acceptors (Lipinski definition) is 3. The first-order valence-electron chi connectivity index (χ1n) is 7.27. The van der Waals surface area contributed by atoms with Gasteiger partial charge in [0.05, 0.1) is 5.92 Å². The number of hydrogen-bond donors (Lipinski definition) is 2. The largest absolute Gasteiger partial charge is 0.481 e. The van der Waals surface area contributed by atoms with Crippen molar-refractivity contribution >= 4 is 17.8 Å². The highest BCUT2D eigenvalue weighted by Gasteiger charge is 2.24. The minimum atomic E-state index is -0.998. The summed E-state index contributed by atoms with van der Waals surface area (Å²) in [6.45, 7) is 1.74. The zero-order valence-corrected chi connectivity index (χ0v) is 12.7. The summed E-state index contributed by atoms with van der Waals surface area (Å²) in [4.78, 5) is 35.8. The van der Waals surface area contributed by atoms with Gasteiger partial charge in [0.1, 0.15) is 0 Å². The normalized spacial score (nSPS) is 11.5. The maximum Gasteiger partial charge on any atom is 0.310 e. The summed E-state index contributed by atoms with van der Waals surface area (Å²) in [5, 5.41) is 11.6. The Morgan fingerprint density at radius 3 is 2.17 bits per heavy atom. The molecule has 1 unspecified atom stereocenters. The minimum absolute atomic E-state index is 0.200. The van der Waals surface area contributed by atoms with Crippen LogP contribution >= 0.6 is 0 Å². The number of carboxylic acids is 1. The topological polar surface area (TPSA) is 83.5 Å². The SMILES string of the molecule is CCC(C(=O)O)c1ccccc1C(=O)NC(=O)c1ccccc1. The van der Waals surface area contributed by atoms with Gasteiger partial charge in [-0.3, -0.25) is 19.7 Å². The van der Waals surface area contributed by atoms with E-state index >= 15 is 0 Å². The van der Waals surface area contributed by atoms with Crippen molar-refractivity contribution in [1.29, 1.82) is 0 Å². The van der Waals surface area contributed by atoms with Gasteiger partial charge in [-0.05, 0) is 30.2 Å². The first-order valence-corrected chi connectivity index (χ1v) is 7.27. The molecule has 2 aromatic carbocycles. The Bertz CT molecular complexity index is 725. The molecule has 0 saturated heterocycles. The van der Waals surface area contributed by atoms with Gasteiger partial charge in [0.15, 0.2) is 0 Å². The van der Waals surface area contributed by atoms with Gasteiger partial charge in [-0.15, -0.1) is 0 Å². The van der Waals surface area contributed by atoms with Gasteiger partial charge in [-0.2, -0.15) is 0 Å². The minimum Gasteiger partial charge on any atom is -0.481 e. The third kappa shape index (κ3) is 3.83. The van der Waals surface area contributed by atoms with Gasteiger partial charge >= 0.3 is 5.97 Å². The molecule has 0 aromatic heterocycles. The number of rotatable bonds is 5. The van der Waals surface area contributed by atoms with Gasteiger partial charge < -0.3 is 5.11 Å². The molecule has 23 heavy (non-hydrogen) atoms. The molecule has 0 aliphatic heterocycles. The Morgan fingerprint density at radius 1 is 0.957 bits per heavy atom. The summed E-state index contributed by atoms with van der Waals surface area (Å²) < 4.78 is 0. The second-order valence-corrected chi connectivity index (χ2v) is 5.04. The average molecular weight is 311 g/mol. The summed E-state index contributed by atoms with van der Waals surface area (Å²) in [5.41, 5.74) is 0.968. The van der Waals surface area contributed by atoms with Crippen LogP contribution in [0, 0.1) is 0 Å². The van der Waals surface area contributed by atoms with Crippen LogP contribution < -0.4 is 5.32 Å². The summed E-state index contributed by atoms with van der Waals surface area (Å²) in [6.07, 6.45) is 0.353. The number of imide groups is 1. The van der Waals surface area contributed by atoms with Crippen LogP contribution in [0.2, 0.25) is 0 Å². The van der Waals surface area contributed by atoms with E-state index in [1.165, 1.54) is 6.07 Å². The molecule has 0 fully saturated rings. The molecular weight excluding hydrogens is 294 g/mol. The van der Waals surface area contributed by atoms with E-state index in [4.69, 9.17) is 0 Å². The fraction of sp³-hybridized carbons (Fsp3) is 0.167. The quantitative estimate of drug-likeness (QED) is 0.832. The van der Waals surface area contributed by atoms with Crippen LogP contribution in [0.15, 0.2) is 54.6 Å². The van der Waals surface area contributed by atoms with Crippen LogP contribution in [0.1, 0.15) is 45.5 Å². The number of amides is 2. The molecule has 0 radical (unpaired) electrons. The zero-order chi connectivity index (χ0) is 16.8. The van der Waals surface area contributed by atoms with Crippen LogP contribution in [-0.4, -0.2) is 22.9 Å². The predicted octanol–water partition coefficient (Wildman–Crippen LogP) is 2.84. The number of carbonyl (C=O) groups excluding carboxylic acids is 2. The number of aliphatic carboxylic acids is 1. The number of nitrogens with one attached hydrogen (secondary N) is 1. The van der Waals surface area contributed by atoms with Crippen LogP contribution in [0.25, 0.3) is 0 Å². The molecule has 5 nitrogen and oxygen atoms in total. The van der Waals surface area contributed by atoms with Gasteiger partial charge in [-0.1, -0.05) is 43.3 Å². The van der Waals surface area contributed by atoms with Gasteiger partial charge in [0, 0.05) is 11.1 Å². The van der Waals surface area contributed by atoms with E-state index < -0.39 is 23.7 Å². The summed E-state index contributed by atoms with van der Waals surface area (Å²) in [6, 6.07) is 14.8. The lowest BCUT2D eigenvalue weighted by molar-refractivity contribution is -0.138. The molecule has 118 valence electrons. The summed E-state index contributed by atoms with van der Waals surface area (Å²) >= 11 is 0. The lowest BCUT2D eigenvalue weighted by Crippen LogP contribution is -2.31. The Balaban J connectivity index is 2.26. The molecule has 0 spiro atoms. The lowest BCUT2D eigenvalue weighted by atomic mass is 9.92. The maximum atomic E-state index is 12.4. The molecule has 0 heterocycles. The van der Waals surface area contributed by atoms with Crippen molar-refractivity contribution in [3.05, 3.63) is 71.3 Å². The first-order chi connectivity index (χ1) is 11.0. The molecular formula is C18H17NO4.